The molecule has 1 aliphatic heterocycles. The first-order valence-electron chi connectivity index (χ1n) is 8.65. The standard InChI is InChI=1S/C20H23N3O2/c1-15-7-9-17(10-8-15)22-19(25)20(11-3-2-6-18(24)23-20)13-16-5-4-12-21-14-16/h4-5,7-10,12,14H,2-3,6,11,13H2,1H3,(H,22,25)(H,23,24). The average molecular weight is 337 g/mol. The summed E-state index contributed by atoms with van der Waals surface area (Å²) in [7, 11) is 0. The van der Waals surface area contributed by atoms with Crippen LogP contribution in [-0.4, -0.2) is 22.3 Å². The second-order valence-corrected chi connectivity index (χ2v) is 6.70. The summed E-state index contributed by atoms with van der Waals surface area (Å²) in [6.45, 7) is 2.00. The summed E-state index contributed by atoms with van der Waals surface area (Å²) in [6, 6.07) is 11.4. The predicted octanol–water partition coefficient (Wildman–Crippen LogP) is 3.00. The first-order chi connectivity index (χ1) is 12.1. The fraction of sp³-hybridized carbons (Fsp3) is 0.350. The van der Waals surface area contributed by atoms with Crippen LogP contribution < -0.4 is 10.6 Å². The number of rotatable bonds is 4. The molecule has 5 nitrogen and oxygen atoms in total. The third-order valence-corrected chi connectivity index (χ3v) is 4.61. The van der Waals surface area contributed by atoms with Crippen molar-refractivity contribution in [3.8, 4) is 0 Å². The van der Waals surface area contributed by atoms with Gasteiger partial charge in [-0.1, -0.05) is 30.2 Å². The first-order valence-corrected chi connectivity index (χ1v) is 8.65. The minimum absolute atomic E-state index is 0.0690. The smallest absolute Gasteiger partial charge is 0.250 e. The van der Waals surface area contributed by atoms with Crippen LogP contribution in [0, 0.1) is 6.92 Å². The maximum atomic E-state index is 13.1. The predicted molar refractivity (Wildman–Crippen MR) is 97.1 cm³/mol. The summed E-state index contributed by atoms with van der Waals surface area (Å²) in [5.74, 6) is -0.240. The molecule has 3 rings (SSSR count). The summed E-state index contributed by atoms with van der Waals surface area (Å²) >= 11 is 0. The molecule has 1 unspecified atom stereocenters. The van der Waals surface area contributed by atoms with Gasteiger partial charge in [0.2, 0.25) is 11.8 Å². The largest absolute Gasteiger partial charge is 0.341 e. The van der Waals surface area contributed by atoms with Gasteiger partial charge in [-0.15, -0.1) is 0 Å². The van der Waals surface area contributed by atoms with Crippen LogP contribution in [0.25, 0.3) is 0 Å². The normalized spacial score (nSPS) is 20.4. The highest BCUT2D eigenvalue weighted by molar-refractivity contribution is 6.01. The topological polar surface area (TPSA) is 71.1 Å². The van der Waals surface area contributed by atoms with Crippen molar-refractivity contribution in [2.75, 3.05) is 5.32 Å². The van der Waals surface area contributed by atoms with Crippen molar-refractivity contribution in [3.63, 3.8) is 0 Å². The van der Waals surface area contributed by atoms with E-state index in [4.69, 9.17) is 0 Å². The summed E-state index contributed by atoms with van der Waals surface area (Å²) < 4.78 is 0. The number of hydrogen-bond acceptors (Lipinski definition) is 3. The van der Waals surface area contributed by atoms with Gasteiger partial charge in [0, 0.05) is 30.9 Å². The van der Waals surface area contributed by atoms with Gasteiger partial charge in [-0.3, -0.25) is 14.6 Å². The van der Waals surface area contributed by atoms with Crippen LogP contribution in [-0.2, 0) is 16.0 Å². The van der Waals surface area contributed by atoms with E-state index in [0.717, 1.165) is 29.7 Å². The SMILES string of the molecule is Cc1ccc(NC(=O)C2(Cc3cccnc3)CCCCC(=O)N2)cc1. The third kappa shape index (κ3) is 4.24. The molecule has 0 aliphatic carbocycles. The monoisotopic (exact) mass is 337 g/mol. The van der Waals surface area contributed by atoms with E-state index < -0.39 is 5.54 Å². The van der Waals surface area contributed by atoms with Gasteiger partial charge >= 0.3 is 0 Å². The molecule has 2 heterocycles. The third-order valence-electron chi connectivity index (χ3n) is 4.61. The molecular formula is C20H23N3O2. The van der Waals surface area contributed by atoms with Gasteiger partial charge in [-0.2, -0.15) is 0 Å². The molecule has 0 radical (unpaired) electrons. The Morgan fingerprint density at radius 3 is 2.76 bits per heavy atom. The number of carbonyl (C=O) groups is 2. The molecule has 2 amide bonds. The van der Waals surface area contributed by atoms with Crippen LogP contribution in [0.2, 0.25) is 0 Å². The first kappa shape index (κ1) is 17.1. The molecule has 1 saturated heterocycles. The van der Waals surface area contributed by atoms with Gasteiger partial charge in [0.15, 0.2) is 0 Å². The van der Waals surface area contributed by atoms with Crippen LogP contribution >= 0.6 is 0 Å². The molecule has 25 heavy (non-hydrogen) atoms. The van der Waals surface area contributed by atoms with E-state index in [9.17, 15) is 9.59 Å². The summed E-state index contributed by atoms with van der Waals surface area (Å²) in [6.07, 6.45) is 6.60. The zero-order valence-corrected chi connectivity index (χ0v) is 14.4. The van der Waals surface area contributed by atoms with Gasteiger partial charge < -0.3 is 10.6 Å². The number of pyridine rings is 1. The molecule has 2 N–H and O–H groups in total. The molecule has 1 aromatic carbocycles. The number of nitrogens with zero attached hydrogens (tertiary/aromatic N) is 1. The highest BCUT2D eigenvalue weighted by atomic mass is 16.2. The quantitative estimate of drug-likeness (QED) is 0.901. The fourth-order valence-corrected chi connectivity index (χ4v) is 3.23. The van der Waals surface area contributed by atoms with Crippen molar-refractivity contribution in [1.82, 2.24) is 10.3 Å². The number of hydrogen-bond donors (Lipinski definition) is 2. The maximum absolute atomic E-state index is 13.1. The Labute approximate surface area is 147 Å². The molecule has 0 saturated carbocycles. The molecule has 1 atom stereocenters. The van der Waals surface area contributed by atoms with E-state index in [2.05, 4.69) is 15.6 Å². The fourth-order valence-electron chi connectivity index (χ4n) is 3.23. The average Bonchev–Trinajstić information content (AvgIpc) is 2.80. The summed E-state index contributed by atoms with van der Waals surface area (Å²) in [5, 5.41) is 5.97. The Bertz CT molecular complexity index is 743. The molecule has 0 spiro atoms. The summed E-state index contributed by atoms with van der Waals surface area (Å²) in [4.78, 5) is 29.4. The lowest BCUT2D eigenvalue weighted by Crippen LogP contribution is -2.57. The zero-order valence-electron chi connectivity index (χ0n) is 14.4. The van der Waals surface area contributed by atoms with Crippen LogP contribution in [0.15, 0.2) is 48.8 Å². The lowest BCUT2D eigenvalue weighted by molar-refractivity contribution is -0.130. The molecule has 1 aromatic heterocycles. The lowest BCUT2D eigenvalue weighted by Gasteiger charge is -2.32. The van der Waals surface area contributed by atoms with Crippen molar-refractivity contribution in [1.29, 1.82) is 0 Å². The van der Waals surface area contributed by atoms with Gasteiger partial charge in [0.05, 0.1) is 0 Å². The van der Waals surface area contributed by atoms with Gasteiger partial charge in [0.1, 0.15) is 5.54 Å². The van der Waals surface area contributed by atoms with Crippen LogP contribution in [0.4, 0.5) is 5.69 Å². The highest BCUT2D eigenvalue weighted by Crippen LogP contribution is 2.26. The summed E-state index contributed by atoms with van der Waals surface area (Å²) in [5.41, 5.74) is 1.86. The van der Waals surface area contributed by atoms with Crippen molar-refractivity contribution in [2.24, 2.45) is 0 Å². The second-order valence-electron chi connectivity index (χ2n) is 6.70. The van der Waals surface area contributed by atoms with Crippen molar-refractivity contribution < 1.29 is 9.59 Å². The van der Waals surface area contributed by atoms with E-state index in [0.29, 0.717) is 19.3 Å². The minimum Gasteiger partial charge on any atom is -0.341 e. The molecule has 0 bridgehead atoms. The number of nitrogens with one attached hydrogen (secondary N) is 2. The molecule has 130 valence electrons. The van der Waals surface area contributed by atoms with E-state index >= 15 is 0 Å². The van der Waals surface area contributed by atoms with Gasteiger partial charge in [-0.25, -0.2) is 0 Å². The molecule has 1 fully saturated rings. The van der Waals surface area contributed by atoms with E-state index in [1.54, 1.807) is 12.4 Å². The second kappa shape index (κ2) is 7.47. The lowest BCUT2D eigenvalue weighted by atomic mass is 9.86. The van der Waals surface area contributed by atoms with Crippen LogP contribution in [0.3, 0.4) is 0 Å². The van der Waals surface area contributed by atoms with Gasteiger partial charge in [0.25, 0.3) is 0 Å². The molecular weight excluding hydrogens is 314 g/mol. The number of carbonyl (C=O) groups excluding carboxylic acids is 2. The number of aryl methyl sites for hydroxylation is 1. The number of aromatic nitrogens is 1. The van der Waals surface area contributed by atoms with Crippen molar-refractivity contribution in [3.05, 3.63) is 59.9 Å². The molecule has 1 aliphatic rings. The maximum Gasteiger partial charge on any atom is 0.250 e. The zero-order chi connectivity index (χ0) is 17.7. The van der Waals surface area contributed by atoms with Crippen LogP contribution in [0.5, 0.6) is 0 Å². The van der Waals surface area contributed by atoms with Crippen molar-refractivity contribution in [2.45, 2.75) is 44.6 Å². The number of benzene rings is 1. The Morgan fingerprint density at radius 1 is 1.24 bits per heavy atom. The molecule has 5 heteroatoms. The molecule has 2 aromatic rings. The van der Waals surface area contributed by atoms with E-state index in [-0.39, 0.29) is 11.8 Å². The Kier molecular flexibility index (Phi) is 5.12. The Morgan fingerprint density at radius 2 is 2.04 bits per heavy atom. The van der Waals surface area contributed by atoms with Crippen molar-refractivity contribution >= 4 is 17.5 Å². The van der Waals surface area contributed by atoms with Crippen LogP contribution in [0.1, 0.15) is 36.8 Å². The van der Waals surface area contributed by atoms with Gasteiger partial charge in [-0.05, 0) is 43.5 Å². The minimum atomic E-state index is -0.943. The Balaban J connectivity index is 1.87. The van der Waals surface area contributed by atoms with E-state index in [1.807, 2.05) is 43.3 Å². The number of anilines is 1. The highest BCUT2D eigenvalue weighted by Gasteiger charge is 2.41. The van der Waals surface area contributed by atoms with E-state index in [1.165, 1.54) is 0 Å². The number of amides is 2. The Hall–Kier alpha value is -2.69.